The topological polar surface area (TPSA) is 71.8 Å². The first kappa shape index (κ1) is 14.7. The number of rotatable bonds is 4. The van der Waals surface area contributed by atoms with Crippen LogP contribution in [0.1, 0.15) is 5.56 Å². The van der Waals surface area contributed by atoms with Gasteiger partial charge in [-0.1, -0.05) is 24.3 Å². The zero-order valence-corrected chi connectivity index (χ0v) is 13.6. The Morgan fingerprint density at radius 2 is 2.08 bits per heavy atom. The van der Waals surface area contributed by atoms with Crippen LogP contribution in [0.2, 0.25) is 0 Å². The largest absolute Gasteiger partial charge is 0.369 e. The van der Waals surface area contributed by atoms with Crippen LogP contribution in [0.25, 0.3) is 33.3 Å². The van der Waals surface area contributed by atoms with Crippen molar-refractivity contribution in [2.45, 2.75) is 6.42 Å². The minimum atomic E-state index is -0.328. The van der Waals surface area contributed by atoms with E-state index in [1.54, 1.807) is 11.3 Å². The molecule has 0 bridgehead atoms. The van der Waals surface area contributed by atoms with Gasteiger partial charge >= 0.3 is 0 Å². The number of hydrogen-bond acceptors (Lipinski definition) is 3. The lowest BCUT2D eigenvalue weighted by atomic mass is 10.0. The van der Waals surface area contributed by atoms with Crippen LogP contribution in [0.15, 0.2) is 59.6 Å². The molecule has 0 spiro atoms. The average Bonchev–Trinajstić information content (AvgIpc) is 3.23. The van der Waals surface area contributed by atoms with E-state index in [1.807, 2.05) is 36.7 Å². The lowest BCUT2D eigenvalue weighted by Crippen LogP contribution is -2.13. The molecule has 0 saturated carbocycles. The Labute approximate surface area is 143 Å². The van der Waals surface area contributed by atoms with Gasteiger partial charge in [-0.3, -0.25) is 4.79 Å². The van der Waals surface area contributed by atoms with E-state index in [0.717, 1.165) is 33.3 Å². The predicted octanol–water partition coefficient (Wildman–Crippen LogP) is 3.99. The standard InChI is InChI=1S/C19H15N3OS/c20-18(23)7-12-2-1-3-13(6-12)15-8-16-17(14-4-5-24-11-14)10-22-19(16)21-9-15/h1-6,8-11H,7H2,(H2,20,23)(H,21,22). The molecule has 1 amide bonds. The summed E-state index contributed by atoms with van der Waals surface area (Å²) in [7, 11) is 0. The Balaban J connectivity index is 1.80. The molecule has 5 heteroatoms. The highest BCUT2D eigenvalue weighted by molar-refractivity contribution is 7.08. The van der Waals surface area contributed by atoms with Gasteiger partial charge in [0.05, 0.1) is 6.42 Å². The maximum atomic E-state index is 11.1. The first-order chi connectivity index (χ1) is 11.7. The molecule has 24 heavy (non-hydrogen) atoms. The van der Waals surface area contributed by atoms with E-state index < -0.39 is 0 Å². The number of pyridine rings is 1. The molecule has 0 aliphatic rings. The minimum absolute atomic E-state index is 0.244. The number of aromatic amines is 1. The molecule has 0 fully saturated rings. The van der Waals surface area contributed by atoms with Crippen molar-refractivity contribution in [1.82, 2.24) is 9.97 Å². The van der Waals surface area contributed by atoms with Crippen molar-refractivity contribution in [2.24, 2.45) is 5.73 Å². The molecule has 3 heterocycles. The molecule has 0 radical (unpaired) electrons. The summed E-state index contributed by atoms with van der Waals surface area (Å²) in [6.45, 7) is 0. The van der Waals surface area contributed by atoms with Gasteiger partial charge in [0, 0.05) is 28.9 Å². The van der Waals surface area contributed by atoms with E-state index in [0.29, 0.717) is 0 Å². The number of amides is 1. The molecular formula is C19H15N3OS. The SMILES string of the molecule is NC(=O)Cc1cccc(-c2cnc3[nH]cc(-c4ccsc4)c3c2)c1. The molecule has 0 atom stereocenters. The van der Waals surface area contributed by atoms with Crippen LogP contribution in [-0.2, 0) is 11.2 Å². The third kappa shape index (κ3) is 2.70. The second-order valence-corrected chi connectivity index (χ2v) is 6.46. The van der Waals surface area contributed by atoms with Crippen molar-refractivity contribution in [2.75, 3.05) is 0 Å². The van der Waals surface area contributed by atoms with Gasteiger partial charge in [0.1, 0.15) is 5.65 Å². The number of nitrogens with one attached hydrogen (secondary N) is 1. The molecule has 4 aromatic rings. The summed E-state index contributed by atoms with van der Waals surface area (Å²) in [4.78, 5) is 18.9. The Morgan fingerprint density at radius 3 is 2.88 bits per heavy atom. The van der Waals surface area contributed by atoms with Crippen molar-refractivity contribution < 1.29 is 4.79 Å². The average molecular weight is 333 g/mol. The Kier molecular flexibility index (Phi) is 3.63. The van der Waals surface area contributed by atoms with Crippen molar-refractivity contribution in [3.63, 3.8) is 0 Å². The van der Waals surface area contributed by atoms with Crippen molar-refractivity contribution in [3.8, 4) is 22.3 Å². The van der Waals surface area contributed by atoms with Gasteiger partial charge < -0.3 is 10.7 Å². The summed E-state index contributed by atoms with van der Waals surface area (Å²) < 4.78 is 0. The molecule has 1 aromatic carbocycles. The van der Waals surface area contributed by atoms with Crippen molar-refractivity contribution in [1.29, 1.82) is 0 Å². The Bertz CT molecular complexity index is 1020. The van der Waals surface area contributed by atoms with Crippen LogP contribution >= 0.6 is 11.3 Å². The monoisotopic (exact) mass is 333 g/mol. The van der Waals surface area contributed by atoms with Crippen LogP contribution < -0.4 is 5.73 Å². The van der Waals surface area contributed by atoms with Gasteiger partial charge in [0.25, 0.3) is 0 Å². The molecule has 0 aliphatic heterocycles. The van der Waals surface area contributed by atoms with Crippen molar-refractivity contribution >= 4 is 28.3 Å². The summed E-state index contributed by atoms with van der Waals surface area (Å²) in [5.74, 6) is -0.328. The third-order valence-corrected chi connectivity index (χ3v) is 4.69. The summed E-state index contributed by atoms with van der Waals surface area (Å²) in [6.07, 6.45) is 4.08. The number of primary amides is 1. The van der Waals surface area contributed by atoms with Gasteiger partial charge in [-0.05, 0) is 39.6 Å². The van der Waals surface area contributed by atoms with E-state index in [2.05, 4.69) is 32.9 Å². The second kappa shape index (κ2) is 5.94. The molecule has 118 valence electrons. The van der Waals surface area contributed by atoms with E-state index in [-0.39, 0.29) is 12.3 Å². The lowest BCUT2D eigenvalue weighted by molar-refractivity contribution is -0.117. The predicted molar refractivity (Wildman–Crippen MR) is 97.7 cm³/mol. The minimum Gasteiger partial charge on any atom is -0.369 e. The second-order valence-electron chi connectivity index (χ2n) is 5.68. The number of carbonyl (C=O) groups excluding carboxylic acids is 1. The fourth-order valence-corrected chi connectivity index (χ4v) is 3.54. The maximum absolute atomic E-state index is 11.1. The first-order valence-electron chi connectivity index (χ1n) is 7.58. The zero-order valence-electron chi connectivity index (χ0n) is 12.8. The van der Waals surface area contributed by atoms with Gasteiger partial charge in [-0.25, -0.2) is 4.98 Å². The molecule has 0 saturated heterocycles. The Morgan fingerprint density at radius 1 is 1.17 bits per heavy atom. The van der Waals surface area contributed by atoms with Crippen LogP contribution in [-0.4, -0.2) is 15.9 Å². The van der Waals surface area contributed by atoms with Gasteiger partial charge in [-0.15, -0.1) is 0 Å². The molecule has 3 N–H and O–H groups in total. The quantitative estimate of drug-likeness (QED) is 0.593. The van der Waals surface area contributed by atoms with E-state index in [4.69, 9.17) is 5.73 Å². The number of H-pyrrole nitrogens is 1. The lowest BCUT2D eigenvalue weighted by Gasteiger charge is -2.05. The molecule has 4 rings (SSSR count). The van der Waals surface area contributed by atoms with Crippen LogP contribution in [0.3, 0.4) is 0 Å². The fourth-order valence-electron chi connectivity index (χ4n) is 2.88. The first-order valence-corrected chi connectivity index (χ1v) is 8.52. The molecule has 3 aromatic heterocycles. The zero-order chi connectivity index (χ0) is 16.5. The van der Waals surface area contributed by atoms with Gasteiger partial charge in [0.15, 0.2) is 0 Å². The van der Waals surface area contributed by atoms with Gasteiger partial charge in [0.2, 0.25) is 5.91 Å². The highest BCUT2D eigenvalue weighted by Gasteiger charge is 2.10. The van der Waals surface area contributed by atoms with Crippen molar-refractivity contribution in [3.05, 3.63) is 65.1 Å². The Hall–Kier alpha value is -2.92. The number of aromatic nitrogens is 2. The van der Waals surface area contributed by atoms with Crippen LogP contribution in [0, 0.1) is 0 Å². The number of benzene rings is 1. The van der Waals surface area contributed by atoms with E-state index >= 15 is 0 Å². The van der Waals surface area contributed by atoms with Crippen LogP contribution in [0.5, 0.6) is 0 Å². The number of nitrogens with zero attached hydrogens (tertiary/aromatic N) is 1. The number of carbonyl (C=O) groups is 1. The summed E-state index contributed by atoms with van der Waals surface area (Å²) in [6, 6.07) is 12.1. The van der Waals surface area contributed by atoms with E-state index in [9.17, 15) is 4.79 Å². The number of thiophene rings is 1. The normalized spacial score (nSPS) is 11.0. The molecule has 4 nitrogen and oxygen atoms in total. The summed E-state index contributed by atoms with van der Waals surface area (Å²) in [5.41, 5.74) is 11.5. The van der Waals surface area contributed by atoms with Gasteiger partial charge in [-0.2, -0.15) is 11.3 Å². The van der Waals surface area contributed by atoms with E-state index in [1.165, 1.54) is 5.56 Å². The maximum Gasteiger partial charge on any atom is 0.221 e. The number of fused-ring (bicyclic) bond motifs is 1. The number of hydrogen-bond donors (Lipinski definition) is 2. The summed E-state index contributed by atoms with van der Waals surface area (Å²) >= 11 is 1.68. The molecular weight excluding hydrogens is 318 g/mol. The summed E-state index contributed by atoms with van der Waals surface area (Å²) in [5, 5.41) is 5.29. The third-order valence-electron chi connectivity index (χ3n) is 4.00. The highest BCUT2D eigenvalue weighted by atomic mass is 32.1. The smallest absolute Gasteiger partial charge is 0.221 e. The van der Waals surface area contributed by atoms with Crippen LogP contribution in [0.4, 0.5) is 0 Å². The molecule has 0 unspecified atom stereocenters. The fraction of sp³-hybridized carbons (Fsp3) is 0.0526. The number of nitrogens with two attached hydrogens (primary N) is 1. The molecule has 0 aliphatic carbocycles. The highest BCUT2D eigenvalue weighted by Crippen LogP contribution is 2.32.